The summed E-state index contributed by atoms with van der Waals surface area (Å²) < 4.78 is 32.1. The predicted octanol–water partition coefficient (Wildman–Crippen LogP) is 3.77. The first-order chi connectivity index (χ1) is 14.0. The number of halogens is 2. The molecule has 0 bridgehead atoms. The van der Waals surface area contributed by atoms with E-state index in [1.807, 2.05) is 0 Å². The van der Waals surface area contributed by atoms with Crippen LogP contribution in [0.2, 0.25) is 0 Å². The van der Waals surface area contributed by atoms with Gasteiger partial charge in [0.2, 0.25) is 5.92 Å². The summed E-state index contributed by atoms with van der Waals surface area (Å²) in [6.45, 7) is 2.90. The van der Waals surface area contributed by atoms with Gasteiger partial charge in [-0.15, -0.1) is 0 Å². The summed E-state index contributed by atoms with van der Waals surface area (Å²) >= 11 is 0. The minimum absolute atomic E-state index is 0.00657. The van der Waals surface area contributed by atoms with Crippen molar-refractivity contribution in [2.45, 2.75) is 82.0 Å². The van der Waals surface area contributed by atoms with Crippen molar-refractivity contribution in [1.82, 2.24) is 10.6 Å². The Hall–Kier alpha value is -0.820. The Bertz CT molecular complexity index is 594. The highest BCUT2D eigenvalue weighted by atomic mass is 19.3. The fourth-order valence-corrected chi connectivity index (χ4v) is 5.07. The van der Waals surface area contributed by atoms with Crippen LogP contribution in [0.3, 0.4) is 0 Å². The van der Waals surface area contributed by atoms with E-state index in [1.54, 1.807) is 0 Å². The van der Waals surface area contributed by atoms with Crippen molar-refractivity contribution < 1.29 is 18.6 Å². The van der Waals surface area contributed by atoms with Gasteiger partial charge in [0.25, 0.3) is 0 Å². The van der Waals surface area contributed by atoms with Gasteiger partial charge in [-0.1, -0.05) is 18.2 Å². The normalized spacial score (nSPS) is 34.0. The van der Waals surface area contributed by atoms with Crippen LogP contribution < -0.4 is 10.6 Å². The van der Waals surface area contributed by atoms with Crippen molar-refractivity contribution in [2.75, 3.05) is 19.8 Å². The molecule has 4 aliphatic rings. The second-order valence-corrected chi connectivity index (χ2v) is 9.46. The first-order valence-electron chi connectivity index (χ1n) is 11.5. The Balaban J connectivity index is 1.19. The van der Waals surface area contributed by atoms with Crippen molar-refractivity contribution in [3.63, 3.8) is 0 Å². The summed E-state index contributed by atoms with van der Waals surface area (Å²) in [5.41, 5.74) is 1.32. The molecule has 4 atom stereocenters. The summed E-state index contributed by atoms with van der Waals surface area (Å²) in [6.07, 6.45) is 12.2. The second kappa shape index (κ2) is 9.54. The molecule has 4 rings (SSSR count). The Kier molecular flexibility index (Phi) is 7.05. The molecule has 29 heavy (non-hydrogen) atoms. The topological polar surface area (TPSA) is 53.5 Å². The largest absolute Gasteiger partial charge is 0.381 e. The number of alkyl halides is 2. The van der Waals surface area contributed by atoms with E-state index in [0.29, 0.717) is 24.8 Å². The van der Waals surface area contributed by atoms with Crippen LogP contribution in [0.4, 0.5) is 8.78 Å². The van der Waals surface area contributed by atoms with Crippen LogP contribution in [0, 0.1) is 17.8 Å². The summed E-state index contributed by atoms with van der Waals surface area (Å²) in [7, 11) is 0. The van der Waals surface area contributed by atoms with Gasteiger partial charge in [-0.3, -0.25) is 5.32 Å². The van der Waals surface area contributed by atoms with E-state index in [9.17, 15) is 13.9 Å². The fourth-order valence-electron chi connectivity index (χ4n) is 5.07. The number of rotatable bonds is 8. The zero-order chi connectivity index (χ0) is 20.3. The average molecular weight is 411 g/mol. The molecule has 1 aliphatic heterocycles. The third kappa shape index (κ3) is 6.09. The van der Waals surface area contributed by atoms with Crippen LogP contribution in [0.25, 0.3) is 0 Å². The Morgan fingerprint density at radius 3 is 2.69 bits per heavy atom. The molecule has 3 N–H and O–H groups in total. The lowest BCUT2D eigenvalue weighted by atomic mass is 9.89. The molecule has 4 unspecified atom stereocenters. The van der Waals surface area contributed by atoms with Gasteiger partial charge in [-0.2, -0.15) is 0 Å². The molecule has 0 aromatic carbocycles. The number of ether oxygens (including phenoxy) is 1. The van der Waals surface area contributed by atoms with E-state index in [-0.39, 0.29) is 24.8 Å². The molecule has 1 saturated heterocycles. The lowest BCUT2D eigenvalue weighted by Gasteiger charge is -2.32. The predicted molar refractivity (Wildman–Crippen MR) is 110 cm³/mol. The molecule has 3 aliphatic carbocycles. The van der Waals surface area contributed by atoms with Gasteiger partial charge >= 0.3 is 0 Å². The second-order valence-electron chi connectivity index (χ2n) is 9.46. The van der Waals surface area contributed by atoms with E-state index in [2.05, 4.69) is 28.9 Å². The van der Waals surface area contributed by atoms with Crippen molar-refractivity contribution >= 4 is 0 Å². The first kappa shape index (κ1) is 21.4. The fraction of sp³-hybridized carbons (Fsp3) is 0.826. The van der Waals surface area contributed by atoms with E-state index in [4.69, 9.17) is 4.74 Å². The van der Waals surface area contributed by atoms with Crippen LogP contribution in [0.5, 0.6) is 0 Å². The number of hydrogen-bond donors (Lipinski definition) is 3. The lowest BCUT2D eigenvalue weighted by molar-refractivity contribution is -0.0469. The highest BCUT2D eigenvalue weighted by molar-refractivity contribution is 5.32. The third-order valence-electron chi connectivity index (χ3n) is 7.17. The zero-order valence-electron chi connectivity index (χ0n) is 17.3. The molecule has 3 fully saturated rings. The maximum atomic E-state index is 13.3. The van der Waals surface area contributed by atoms with Crippen LogP contribution in [0.1, 0.15) is 57.8 Å². The third-order valence-corrected chi connectivity index (χ3v) is 7.17. The molecule has 4 nitrogen and oxygen atoms in total. The van der Waals surface area contributed by atoms with Crippen LogP contribution in [-0.4, -0.2) is 49.1 Å². The molecular formula is C23H36F2N2O2. The lowest BCUT2D eigenvalue weighted by Crippen LogP contribution is -2.45. The molecular weight excluding hydrogens is 374 g/mol. The first-order valence-corrected chi connectivity index (χ1v) is 11.5. The van der Waals surface area contributed by atoms with Crippen molar-refractivity contribution in [3.8, 4) is 0 Å². The summed E-state index contributed by atoms with van der Waals surface area (Å²) in [5.74, 6) is -1.15. The molecule has 0 radical (unpaired) electrons. The van der Waals surface area contributed by atoms with Crippen LogP contribution in [-0.2, 0) is 4.74 Å². The number of nitrogens with one attached hydrogen (secondary N) is 2. The molecule has 0 aromatic heterocycles. The van der Waals surface area contributed by atoms with Gasteiger partial charge < -0.3 is 15.2 Å². The molecule has 6 heteroatoms. The molecule has 0 aromatic rings. The smallest absolute Gasteiger partial charge is 0.248 e. The van der Waals surface area contributed by atoms with E-state index in [1.165, 1.54) is 24.8 Å². The number of hydrogen-bond acceptors (Lipinski definition) is 4. The highest BCUT2D eigenvalue weighted by Gasteiger charge is 2.40. The molecule has 164 valence electrons. The number of aliphatic hydroxyl groups excluding tert-OH is 1. The highest BCUT2D eigenvalue weighted by Crippen LogP contribution is 2.41. The van der Waals surface area contributed by atoms with Crippen molar-refractivity contribution in [1.29, 1.82) is 0 Å². The standard InChI is InChI=1S/C23H36F2N2O2/c24-23(25)9-4-19(5-10-23)27-22(28)18-3-1-2-17(14-18)20-15-21(20)26-11-6-16-7-12-29-13-8-16/h1-2,14,16,18-22,26-28H,3-13,15H2. The Labute approximate surface area is 173 Å². The number of allylic oxidation sites excluding steroid dienone is 2. The zero-order valence-corrected chi connectivity index (χ0v) is 17.3. The van der Waals surface area contributed by atoms with E-state index >= 15 is 0 Å². The maximum Gasteiger partial charge on any atom is 0.248 e. The average Bonchev–Trinajstić information content (AvgIpc) is 3.50. The summed E-state index contributed by atoms with van der Waals surface area (Å²) in [6, 6.07) is 0.545. The Morgan fingerprint density at radius 1 is 1.17 bits per heavy atom. The van der Waals surface area contributed by atoms with E-state index in [0.717, 1.165) is 38.5 Å². The monoisotopic (exact) mass is 410 g/mol. The summed E-state index contributed by atoms with van der Waals surface area (Å²) in [4.78, 5) is 0. The van der Waals surface area contributed by atoms with Crippen LogP contribution >= 0.6 is 0 Å². The minimum Gasteiger partial charge on any atom is -0.381 e. The quantitative estimate of drug-likeness (QED) is 0.533. The van der Waals surface area contributed by atoms with Gasteiger partial charge in [0, 0.05) is 50.0 Å². The number of aliphatic hydroxyl groups is 1. The van der Waals surface area contributed by atoms with Crippen molar-refractivity contribution in [3.05, 3.63) is 23.8 Å². The van der Waals surface area contributed by atoms with Gasteiger partial charge in [-0.25, -0.2) is 8.78 Å². The van der Waals surface area contributed by atoms with Crippen molar-refractivity contribution in [2.24, 2.45) is 17.8 Å². The van der Waals surface area contributed by atoms with Gasteiger partial charge in [0.15, 0.2) is 0 Å². The minimum atomic E-state index is -2.53. The maximum absolute atomic E-state index is 13.3. The van der Waals surface area contributed by atoms with Crippen LogP contribution in [0.15, 0.2) is 23.8 Å². The van der Waals surface area contributed by atoms with Gasteiger partial charge in [0.05, 0.1) is 0 Å². The SMILES string of the molecule is OC(NC1CCC(F)(F)CC1)C1C=C(C2CC2NCCC2CCOCC2)C=CC1. The van der Waals surface area contributed by atoms with Gasteiger partial charge in [0.1, 0.15) is 6.23 Å². The molecule has 0 amide bonds. The molecule has 2 saturated carbocycles. The Morgan fingerprint density at radius 2 is 1.93 bits per heavy atom. The molecule has 1 heterocycles. The van der Waals surface area contributed by atoms with E-state index < -0.39 is 12.2 Å². The van der Waals surface area contributed by atoms with Gasteiger partial charge in [-0.05, 0) is 63.0 Å². The molecule has 0 spiro atoms. The summed E-state index contributed by atoms with van der Waals surface area (Å²) in [5, 5.41) is 17.5.